The van der Waals surface area contributed by atoms with Crippen molar-refractivity contribution < 1.29 is 19.4 Å². The van der Waals surface area contributed by atoms with Crippen molar-refractivity contribution in [3.8, 4) is 0 Å². The molecular weight excluding hydrogens is 272 g/mol. The van der Waals surface area contributed by atoms with Crippen LogP contribution in [0.2, 0.25) is 0 Å². The van der Waals surface area contributed by atoms with Crippen molar-refractivity contribution in [3.05, 3.63) is 0 Å². The predicted molar refractivity (Wildman–Crippen MR) is 78.1 cm³/mol. The van der Waals surface area contributed by atoms with Crippen LogP contribution < -0.4 is 0 Å². The lowest BCUT2D eigenvalue weighted by Gasteiger charge is -2.49. The minimum absolute atomic E-state index is 0.177. The maximum Gasteiger partial charge on any atom is 0.327 e. The van der Waals surface area contributed by atoms with Crippen molar-refractivity contribution >= 4 is 12.0 Å². The highest BCUT2D eigenvalue weighted by molar-refractivity contribution is 5.84. The Hall–Kier alpha value is -1.30. The second-order valence-corrected chi connectivity index (χ2v) is 7.33. The smallest absolute Gasteiger partial charge is 0.327 e. The van der Waals surface area contributed by atoms with Gasteiger partial charge in [-0.25, -0.2) is 9.59 Å². The lowest BCUT2D eigenvalue weighted by molar-refractivity contribution is -0.149. The Balaban J connectivity index is 2.25. The van der Waals surface area contributed by atoms with Crippen LogP contribution in [0.5, 0.6) is 0 Å². The number of amides is 2. The van der Waals surface area contributed by atoms with E-state index in [-0.39, 0.29) is 6.03 Å². The summed E-state index contributed by atoms with van der Waals surface area (Å²) in [6.07, 6.45) is 1.66. The molecule has 2 saturated heterocycles. The topological polar surface area (TPSA) is 70.1 Å². The van der Waals surface area contributed by atoms with Gasteiger partial charge in [-0.05, 0) is 32.1 Å². The van der Waals surface area contributed by atoms with Gasteiger partial charge in [0.05, 0.1) is 18.8 Å². The molecule has 6 nitrogen and oxygen atoms in total. The molecule has 2 rings (SSSR count). The van der Waals surface area contributed by atoms with Crippen LogP contribution in [0.25, 0.3) is 0 Å². The number of carboxylic acid groups (broad SMARTS) is 1. The molecule has 0 aromatic heterocycles. The molecule has 0 aliphatic carbocycles. The van der Waals surface area contributed by atoms with Gasteiger partial charge in [-0.1, -0.05) is 13.8 Å². The van der Waals surface area contributed by atoms with Crippen molar-refractivity contribution in [3.63, 3.8) is 0 Å². The molecule has 0 bridgehead atoms. The number of nitrogens with zero attached hydrogens (tertiary/aromatic N) is 2. The van der Waals surface area contributed by atoms with E-state index in [1.807, 2.05) is 27.7 Å². The molecule has 0 aromatic rings. The summed E-state index contributed by atoms with van der Waals surface area (Å²) in [7, 11) is 0. The third-order valence-corrected chi connectivity index (χ3v) is 4.63. The zero-order valence-electron chi connectivity index (χ0n) is 13.4. The number of aliphatic carboxylic acids is 1. The number of hydrogen-bond acceptors (Lipinski definition) is 3. The minimum Gasteiger partial charge on any atom is -0.480 e. The molecule has 0 saturated carbocycles. The summed E-state index contributed by atoms with van der Waals surface area (Å²) >= 11 is 0. The molecule has 2 aliphatic rings. The fraction of sp³-hybridized carbons (Fsp3) is 0.867. The van der Waals surface area contributed by atoms with Crippen molar-refractivity contribution in [2.24, 2.45) is 5.41 Å². The van der Waals surface area contributed by atoms with Gasteiger partial charge >= 0.3 is 12.0 Å². The number of rotatable bonds is 1. The zero-order chi connectivity index (χ0) is 15.8. The normalized spacial score (nSPS) is 28.3. The summed E-state index contributed by atoms with van der Waals surface area (Å²) in [5.74, 6) is -0.917. The Bertz CT molecular complexity index is 433. The first kappa shape index (κ1) is 16.1. The number of carboxylic acids is 1. The van der Waals surface area contributed by atoms with Crippen LogP contribution in [0.15, 0.2) is 0 Å². The molecule has 0 radical (unpaired) electrons. The lowest BCUT2D eigenvalue weighted by Crippen LogP contribution is -2.64. The van der Waals surface area contributed by atoms with Crippen molar-refractivity contribution in [2.75, 3.05) is 26.3 Å². The summed E-state index contributed by atoms with van der Waals surface area (Å²) in [5, 5.41) is 9.58. The first-order valence-corrected chi connectivity index (χ1v) is 7.56. The van der Waals surface area contributed by atoms with Crippen molar-refractivity contribution in [2.45, 2.75) is 52.1 Å². The highest BCUT2D eigenvalue weighted by Crippen LogP contribution is 2.36. The number of morpholine rings is 1. The summed E-state index contributed by atoms with van der Waals surface area (Å²) in [5.41, 5.74) is -0.809. The Morgan fingerprint density at radius 2 is 1.86 bits per heavy atom. The maximum absolute atomic E-state index is 12.9. The SMILES string of the molecule is CC1(C)CCCN(C(=O)N2CCOCC2(C)C)C1C(=O)O. The summed E-state index contributed by atoms with van der Waals surface area (Å²) in [6, 6.07) is -0.944. The van der Waals surface area contributed by atoms with Crippen LogP contribution in [0, 0.1) is 5.41 Å². The molecule has 0 spiro atoms. The van der Waals surface area contributed by atoms with Gasteiger partial charge in [0.1, 0.15) is 6.04 Å². The molecule has 2 heterocycles. The highest BCUT2D eigenvalue weighted by Gasteiger charge is 2.47. The molecule has 0 aromatic carbocycles. The highest BCUT2D eigenvalue weighted by atomic mass is 16.5. The number of ether oxygens (including phenoxy) is 1. The Kier molecular flexibility index (Phi) is 4.19. The van der Waals surface area contributed by atoms with E-state index in [0.717, 1.165) is 12.8 Å². The van der Waals surface area contributed by atoms with Gasteiger partial charge < -0.3 is 19.6 Å². The first-order chi connectivity index (χ1) is 9.67. The fourth-order valence-electron chi connectivity index (χ4n) is 3.43. The Morgan fingerprint density at radius 3 is 2.43 bits per heavy atom. The summed E-state index contributed by atoms with van der Waals surface area (Å²) in [4.78, 5) is 27.9. The van der Waals surface area contributed by atoms with Crippen LogP contribution in [-0.2, 0) is 9.53 Å². The number of carbonyl (C=O) groups excluding carboxylic acids is 1. The maximum atomic E-state index is 12.9. The standard InChI is InChI=1S/C15H26N2O4/c1-14(2)6-5-7-16(11(14)12(18)19)13(20)17-8-9-21-10-15(17,3)4/h11H,5-10H2,1-4H3,(H,18,19). The van der Waals surface area contributed by atoms with Gasteiger partial charge in [0.25, 0.3) is 0 Å². The number of piperidine rings is 1. The zero-order valence-corrected chi connectivity index (χ0v) is 13.4. The van der Waals surface area contributed by atoms with Crippen LogP contribution in [0.1, 0.15) is 40.5 Å². The molecule has 6 heteroatoms. The minimum atomic E-state index is -0.917. The van der Waals surface area contributed by atoms with Crippen LogP contribution in [0.4, 0.5) is 4.79 Å². The quantitative estimate of drug-likeness (QED) is 0.801. The molecule has 21 heavy (non-hydrogen) atoms. The van der Waals surface area contributed by atoms with E-state index in [1.54, 1.807) is 9.80 Å². The predicted octanol–water partition coefficient (Wildman–Crippen LogP) is 1.79. The van der Waals surface area contributed by atoms with Crippen molar-refractivity contribution in [1.82, 2.24) is 9.80 Å². The Labute approximate surface area is 126 Å². The lowest BCUT2D eigenvalue weighted by atomic mass is 9.76. The van der Waals surface area contributed by atoms with E-state index in [4.69, 9.17) is 4.74 Å². The average Bonchev–Trinajstić information content (AvgIpc) is 2.35. The first-order valence-electron chi connectivity index (χ1n) is 7.56. The van der Waals surface area contributed by atoms with Crippen LogP contribution in [-0.4, -0.2) is 64.8 Å². The van der Waals surface area contributed by atoms with E-state index < -0.39 is 23.0 Å². The molecule has 2 fully saturated rings. The van der Waals surface area contributed by atoms with E-state index in [1.165, 1.54) is 0 Å². The monoisotopic (exact) mass is 298 g/mol. The third kappa shape index (κ3) is 3.00. The molecule has 120 valence electrons. The second-order valence-electron chi connectivity index (χ2n) is 7.33. The number of likely N-dealkylation sites (tertiary alicyclic amines) is 1. The van der Waals surface area contributed by atoms with Gasteiger partial charge in [0, 0.05) is 13.1 Å². The Morgan fingerprint density at radius 1 is 1.19 bits per heavy atom. The molecule has 2 amide bonds. The molecule has 1 atom stereocenters. The van der Waals surface area contributed by atoms with Crippen molar-refractivity contribution in [1.29, 1.82) is 0 Å². The van der Waals surface area contributed by atoms with E-state index in [9.17, 15) is 14.7 Å². The van der Waals surface area contributed by atoms with E-state index in [0.29, 0.717) is 26.3 Å². The van der Waals surface area contributed by atoms with Gasteiger partial charge in [-0.3, -0.25) is 0 Å². The van der Waals surface area contributed by atoms with Gasteiger partial charge in [0.15, 0.2) is 0 Å². The number of hydrogen-bond donors (Lipinski definition) is 1. The molecule has 1 N–H and O–H groups in total. The summed E-state index contributed by atoms with van der Waals surface area (Å²) < 4.78 is 5.44. The van der Waals surface area contributed by atoms with Gasteiger partial charge in [-0.15, -0.1) is 0 Å². The van der Waals surface area contributed by atoms with E-state index in [2.05, 4.69) is 0 Å². The largest absolute Gasteiger partial charge is 0.480 e. The van der Waals surface area contributed by atoms with Gasteiger partial charge in [0.2, 0.25) is 0 Å². The fourth-order valence-corrected chi connectivity index (χ4v) is 3.43. The molecular formula is C15H26N2O4. The van der Waals surface area contributed by atoms with Crippen LogP contribution >= 0.6 is 0 Å². The summed E-state index contributed by atoms with van der Waals surface area (Å²) in [6.45, 7) is 9.76. The van der Waals surface area contributed by atoms with Gasteiger partial charge in [-0.2, -0.15) is 0 Å². The second kappa shape index (κ2) is 5.48. The van der Waals surface area contributed by atoms with Crippen LogP contribution in [0.3, 0.4) is 0 Å². The number of carbonyl (C=O) groups is 2. The molecule has 1 unspecified atom stereocenters. The third-order valence-electron chi connectivity index (χ3n) is 4.63. The van der Waals surface area contributed by atoms with E-state index >= 15 is 0 Å². The average molecular weight is 298 g/mol. The number of urea groups is 1. The molecule has 2 aliphatic heterocycles.